The average molecular weight is 384 g/mol. The number of nitrogens with zero attached hydrogens (tertiary/aromatic N) is 1. The second kappa shape index (κ2) is 14.1. The van der Waals surface area contributed by atoms with E-state index >= 15 is 0 Å². The lowest BCUT2D eigenvalue weighted by Crippen LogP contribution is -2.37. The summed E-state index contributed by atoms with van der Waals surface area (Å²) in [6.07, 6.45) is 6.87. The van der Waals surface area contributed by atoms with Crippen molar-refractivity contribution in [2.45, 2.75) is 51.6 Å². The molecule has 152 valence electrons. The molecule has 0 aliphatic rings. The molecule has 0 spiro atoms. The normalized spacial score (nSPS) is 15.9. The van der Waals surface area contributed by atoms with E-state index in [0.29, 0.717) is 24.2 Å². The predicted octanol–water partition coefficient (Wildman–Crippen LogP) is 3.22. The summed E-state index contributed by atoms with van der Waals surface area (Å²) in [6.45, 7) is 3.95. The molecular weight excluding hydrogens is 345 g/mol. The highest BCUT2D eigenvalue weighted by Crippen LogP contribution is 2.43. The molecule has 0 aromatic heterocycles. The van der Waals surface area contributed by atoms with Crippen LogP contribution in [0.3, 0.4) is 0 Å². The first kappa shape index (κ1) is 25.0. The van der Waals surface area contributed by atoms with E-state index in [0.717, 1.165) is 6.42 Å². The van der Waals surface area contributed by atoms with E-state index in [4.69, 9.17) is 18.5 Å². The maximum Gasteiger partial charge on any atom is 0.472 e. The van der Waals surface area contributed by atoms with Crippen molar-refractivity contribution < 1.29 is 32.5 Å². The molecule has 2 atom stereocenters. The van der Waals surface area contributed by atoms with Crippen LogP contribution in [0.5, 0.6) is 0 Å². The zero-order chi connectivity index (χ0) is 19.2. The molecule has 0 radical (unpaired) electrons. The Morgan fingerprint density at radius 1 is 0.960 bits per heavy atom. The van der Waals surface area contributed by atoms with Gasteiger partial charge in [-0.15, -0.1) is 0 Å². The molecule has 0 bridgehead atoms. The summed E-state index contributed by atoms with van der Waals surface area (Å²) in [7, 11) is 3.42. The summed E-state index contributed by atoms with van der Waals surface area (Å²) < 4.78 is 33.2. The first-order valence-electron chi connectivity index (χ1n) is 9.23. The van der Waals surface area contributed by atoms with Crippen molar-refractivity contribution in [2.75, 3.05) is 61.2 Å². The minimum atomic E-state index is -4.05. The molecule has 7 nitrogen and oxygen atoms in total. The van der Waals surface area contributed by atoms with E-state index in [1.54, 1.807) is 0 Å². The van der Waals surface area contributed by atoms with Gasteiger partial charge in [0.05, 0.1) is 34.4 Å². The van der Waals surface area contributed by atoms with Gasteiger partial charge >= 0.3 is 7.82 Å². The number of rotatable bonds is 17. The number of likely N-dealkylation sites (N-methyl/N-ethyl adjacent to an activating group) is 1. The number of phosphoric acid groups is 1. The first-order valence-corrected chi connectivity index (χ1v) is 10.7. The van der Waals surface area contributed by atoms with Gasteiger partial charge < -0.3 is 18.9 Å². The van der Waals surface area contributed by atoms with Crippen LogP contribution >= 0.6 is 7.82 Å². The van der Waals surface area contributed by atoms with Gasteiger partial charge in [0.15, 0.2) is 0 Å². The first-order chi connectivity index (χ1) is 11.7. The molecule has 0 saturated heterocycles. The Morgan fingerprint density at radius 2 is 1.60 bits per heavy atom. The van der Waals surface area contributed by atoms with Crippen molar-refractivity contribution in [3.8, 4) is 0 Å². The van der Waals surface area contributed by atoms with Gasteiger partial charge in [-0.3, -0.25) is 9.05 Å². The lowest BCUT2D eigenvalue weighted by molar-refractivity contribution is -0.870. The Balaban J connectivity index is 3.80. The number of hydrogen-bond acceptors (Lipinski definition) is 5. The summed E-state index contributed by atoms with van der Waals surface area (Å²) in [5.74, 6) is 0. The molecule has 0 amide bonds. The minimum absolute atomic E-state index is 0.0366. The van der Waals surface area contributed by atoms with E-state index in [9.17, 15) is 9.46 Å². The lowest BCUT2D eigenvalue weighted by atomic mass is 10.1. The molecule has 1 N–H and O–H groups in total. The minimum Gasteiger partial charge on any atom is -0.379 e. The quantitative estimate of drug-likeness (QED) is 0.236. The highest BCUT2D eigenvalue weighted by molar-refractivity contribution is 7.47. The largest absolute Gasteiger partial charge is 0.472 e. The van der Waals surface area contributed by atoms with Gasteiger partial charge in [0.2, 0.25) is 0 Å². The molecular formula is C17H39NO6P+. The van der Waals surface area contributed by atoms with Gasteiger partial charge in [-0.25, -0.2) is 4.57 Å². The molecule has 25 heavy (non-hydrogen) atoms. The maximum atomic E-state index is 11.8. The summed E-state index contributed by atoms with van der Waals surface area (Å²) in [4.78, 5) is 9.68. The zero-order valence-electron chi connectivity index (χ0n) is 16.7. The zero-order valence-corrected chi connectivity index (χ0v) is 17.6. The van der Waals surface area contributed by atoms with E-state index in [1.807, 2.05) is 21.1 Å². The Morgan fingerprint density at radius 3 is 2.20 bits per heavy atom. The average Bonchev–Trinajstić information content (AvgIpc) is 2.51. The number of quaternary nitrogens is 1. The van der Waals surface area contributed by atoms with Gasteiger partial charge in [0, 0.05) is 13.7 Å². The number of methoxy groups -OCH3 is 1. The number of unbranched alkanes of at least 4 members (excludes halogenated alkanes) is 5. The van der Waals surface area contributed by atoms with E-state index in [2.05, 4.69) is 6.92 Å². The summed E-state index contributed by atoms with van der Waals surface area (Å²) in [6, 6.07) is 0. The molecule has 0 aliphatic heterocycles. The Kier molecular flexibility index (Phi) is 14.1. The standard InChI is InChI=1S/C17H38NO6P/c1-6-7-8-9-10-11-13-22-15-17(21-5)16-24-25(19,20)23-14-12-18(2,3)4/h17H,6-16H2,1-5H3/p+1. The van der Waals surface area contributed by atoms with Crippen LogP contribution in [0.15, 0.2) is 0 Å². The van der Waals surface area contributed by atoms with Crippen LogP contribution in [-0.4, -0.2) is 76.7 Å². The van der Waals surface area contributed by atoms with Crippen LogP contribution in [-0.2, 0) is 23.1 Å². The van der Waals surface area contributed by atoms with Crippen LogP contribution in [0.4, 0.5) is 0 Å². The SMILES string of the molecule is CCCCCCCCOCC(COP(=O)(O)OCC[N+](C)(C)C)OC. The number of hydrogen-bond donors (Lipinski definition) is 1. The number of ether oxygens (including phenoxy) is 2. The van der Waals surface area contributed by atoms with Crippen molar-refractivity contribution in [3.05, 3.63) is 0 Å². The molecule has 2 unspecified atom stereocenters. The summed E-state index contributed by atoms with van der Waals surface area (Å²) >= 11 is 0. The summed E-state index contributed by atoms with van der Waals surface area (Å²) in [5.41, 5.74) is 0. The fourth-order valence-corrected chi connectivity index (χ4v) is 2.77. The maximum absolute atomic E-state index is 11.8. The predicted molar refractivity (Wildman–Crippen MR) is 99.6 cm³/mol. The third-order valence-electron chi connectivity index (χ3n) is 3.72. The summed E-state index contributed by atoms with van der Waals surface area (Å²) in [5, 5.41) is 0. The highest BCUT2D eigenvalue weighted by Gasteiger charge is 2.24. The van der Waals surface area contributed by atoms with Crippen molar-refractivity contribution in [3.63, 3.8) is 0 Å². The second-order valence-corrected chi connectivity index (χ2v) is 8.77. The van der Waals surface area contributed by atoms with Crippen molar-refractivity contribution in [1.82, 2.24) is 0 Å². The Hall–Kier alpha value is -0.0100. The van der Waals surface area contributed by atoms with Crippen LogP contribution in [0.25, 0.3) is 0 Å². The fourth-order valence-electron chi connectivity index (χ4n) is 2.03. The molecule has 0 rings (SSSR count). The molecule has 0 heterocycles. The van der Waals surface area contributed by atoms with Gasteiger partial charge in [0.1, 0.15) is 19.3 Å². The number of phosphoric ester groups is 1. The van der Waals surface area contributed by atoms with E-state index < -0.39 is 7.82 Å². The van der Waals surface area contributed by atoms with Crippen LogP contribution in [0, 0.1) is 0 Å². The van der Waals surface area contributed by atoms with Crippen molar-refractivity contribution >= 4 is 7.82 Å². The third kappa shape index (κ3) is 17.2. The smallest absolute Gasteiger partial charge is 0.379 e. The third-order valence-corrected chi connectivity index (χ3v) is 4.70. The van der Waals surface area contributed by atoms with Gasteiger partial charge in [0.25, 0.3) is 0 Å². The topological polar surface area (TPSA) is 74.2 Å². The van der Waals surface area contributed by atoms with Crippen molar-refractivity contribution in [2.24, 2.45) is 0 Å². The second-order valence-electron chi connectivity index (χ2n) is 7.31. The molecule has 8 heteroatoms. The molecule has 0 fully saturated rings. The Labute approximate surface area is 153 Å². The lowest BCUT2D eigenvalue weighted by Gasteiger charge is -2.24. The van der Waals surface area contributed by atoms with E-state index in [-0.39, 0.29) is 19.3 Å². The molecule has 0 aliphatic carbocycles. The highest BCUT2D eigenvalue weighted by atomic mass is 31.2. The fraction of sp³-hybridized carbons (Fsp3) is 1.00. The van der Waals surface area contributed by atoms with Crippen LogP contribution in [0.2, 0.25) is 0 Å². The van der Waals surface area contributed by atoms with Crippen molar-refractivity contribution in [1.29, 1.82) is 0 Å². The molecule has 0 saturated carbocycles. The van der Waals surface area contributed by atoms with Gasteiger partial charge in [-0.2, -0.15) is 0 Å². The van der Waals surface area contributed by atoms with Gasteiger partial charge in [-0.1, -0.05) is 39.0 Å². The Bertz CT molecular complexity index is 362. The van der Waals surface area contributed by atoms with E-state index in [1.165, 1.54) is 39.2 Å². The molecule has 0 aromatic carbocycles. The molecule has 0 aromatic rings. The van der Waals surface area contributed by atoms with Crippen LogP contribution < -0.4 is 0 Å². The van der Waals surface area contributed by atoms with Gasteiger partial charge in [-0.05, 0) is 6.42 Å². The monoisotopic (exact) mass is 384 g/mol. The van der Waals surface area contributed by atoms with Crippen LogP contribution in [0.1, 0.15) is 45.4 Å².